The molecule has 1 aliphatic carbocycles. The van der Waals surface area contributed by atoms with E-state index in [1.165, 1.54) is 20.3 Å². The quantitative estimate of drug-likeness (QED) is 0.420. The molecule has 0 unspecified atom stereocenters. The molecule has 0 bridgehead atoms. The summed E-state index contributed by atoms with van der Waals surface area (Å²) in [5.41, 5.74) is 1.13. The Bertz CT molecular complexity index is 1430. The van der Waals surface area contributed by atoms with Crippen molar-refractivity contribution in [3.63, 3.8) is 0 Å². The molecule has 0 aliphatic heterocycles. The highest BCUT2D eigenvalue weighted by molar-refractivity contribution is 5.87. The van der Waals surface area contributed by atoms with Gasteiger partial charge in [-0.15, -0.1) is 0 Å². The molecule has 0 radical (unpaired) electrons. The van der Waals surface area contributed by atoms with Gasteiger partial charge in [0, 0.05) is 42.5 Å². The van der Waals surface area contributed by atoms with Gasteiger partial charge in [-0.05, 0) is 25.0 Å². The van der Waals surface area contributed by atoms with E-state index in [1.54, 1.807) is 21.6 Å². The van der Waals surface area contributed by atoms with Crippen LogP contribution in [-0.4, -0.2) is 33.6 Å². The van der Waals surface area contributed by atoms with Crippen LogP contribution >= 0.6 is 0 Å². The van der Waals surface area contributed by atoms with E-state index >= 15 is 8.78 Å². The Morgan fingerprint density at radius 3 is 2.26 bits per heavy atom. The maximum atomic E-state index is 15.3. The molecule has 1 aromatic carbocycles. The number of hydrogen-bond donors (Lipinski definition) is 0. The van der Waals surface area contributed by atoms with Crippen molar-refractivity contribution >= 4 is 10.9 Å². The summed E-state index contributed by atoms with van der Waals surface area (Å²) in [6, 6.07) is 4.39. The highest BCUT2D eigenvalue weighted by atomic mass is 19.1. The SMILES string of the molecule is COc1cc(OC)c(F)c(-c2cc3cnc(-c4cnn(C)c4)cc3n(C3CCCC3)c2=O)c1F. The number of methoxy groups -OCH3 is 2. The van der Waals surface area contributed by atoms with Crippen LogP contribution in [-0.2, 0) is 7.05 Å². The minimum atomic E-state index is -0.949. The molecular weight excluding hydrogens is 442 g/mol. The van der Waals surface area contributed by atoms with E-state index in [1.807, 2.05) is 19.3 Å². The molecule has 0 atom stereocenters. The van der Waals surface area contributed by atoms with Crippen molar-refractivity contribution in [2.75, 3.05) is 14.2 Å². The molecule has 0 N–H and O–H groups in total. The number of pyridine rings is 2. The van der Waals surface area contributed by atoms with E-state index in [-0.39, 0.29) is 23.1 Å². The lowest BCUT2D eigenvalue weighted by molar-refractivity contribution is 0.359. The van der Waals surface area contributed by atoms with E-state index < -0.39 is 22.8 Å². The average Bonchev–Trinajstić information content (AvgIpc) is 3.51. The highest BCUT2D eigenvalue weighted by Gasteiger charge is 2.28. The average molecular weight is 466 g/mol. The second kappa shape index (κ2) is 8.55. The minimum absolute atomic E-state index is 0.0716. The van der Waals surface area contributed by atoms with Gasteiger partial charge in [-0.25, -0.2) is 8.78 Å². The van der Waals surface area contributed by atoms with Crippen molar-refractivity contribution in [1.82, 2.24) is 19.3 Å². The Morgan fingerprint density at radius 2 is 1.68 bits per heavy atom. The second-order valence-electron chi connectivity index (χ2n) is 8.49. The van der Waals surface area contributed by atoms with E-state index in [2.05, 4.69) is 10.1 Å². The smallest absolute Gasteiger partial charge is 0.259 e. The minimum Gasteiger partial charge on any atom is -0.494 e. The van der Waals surface area contributed by atoms with Gasteiger partial charge in [0.1, 0.15) is 0 Å². The van der Waals surface area contributed by atoms with Crippen molar-refractivity contribution < 1.29 is 18.3 Å². The zero-order valence-corrected chi connectivity index (χ0v) is 19.1. The van der Waals surface area contributed by atoms with Gasteiger partial charge < -0.3 is 14.0 Å². The Kier molecular flexibility index (Phi) is 5.55. The number of ether oxygens (including phenoxy) is 2. The molecule has 7 nitrogen and oxygen atoms in total. The number of benzene rings is 1. The summed E-state index contributed by atoms with van der Waals surface area (Å²) in [6.45, 7) is 0. The van der Waals surface area contributed by atoms with Gasteiger partial charge in [-0.2, -0.15) is 5.10 Å². The number of aryl methyl sites for hydroxylation is 1. The first kappa shape index (κ1) is 22.1. The zero-order valence-electron chi connectivity index (χ0n) is 19.1. The molecule has 9 heteroatoms. The first-order chi connectivity index (χ1) is 16.4. The lowest BCUT2D eigenvalue weighted by Gasteiger charge is -2.20. The van der Waals surface area contributed by atoms with Crippen LogP contribution in [0, 0.1) is 11.6 Å². The molecule has 1 fully saturated rings. The summed E-state index contributed by atoms with van der Waals surface area (Å²) in [4.78, 5) is 18.4. The third-order valence-electron chi connectivity index (χ3n) is 6.45. The summed E-state index contributed by atoms with van der Waals surface area (Å²) < 4.78 is 44.1. The van der Waals surface area contributed by atoms with Gasteiger partial charge >= 0.3 is 0 Å². The molecular formula is C25H24F2N4O3. The molecule has 4 aromatic rings. The third-order valence-corrected chi connectivity index (χ3v) is 6.45. The van der Waals surface area contributed by atoms with Crippen molar-refractivity contribution in [1.29, 1.82) is 0 Å². The van der Waals surface area contributed by atoms with Crippen LogP contribution in [0.4, 0.5) is 8.78 Å². The fourth-order valence-electron chi connectivity index (χ4n) is 4.77. The van der Waals surface area contributed by atoms with Crippen LogP contribution < -0.4 is 15.0 Å². The van der Waals surface area contributed by atoms with Crippen LogP contribution in [0.3, 0.4) is 0 Å². The van der Waals surface area contributed by atoms with Gasteiger partial charge in [0.05, 0.1) is 42.8 Å². The first-order valence-corrected chi connectivity index (χ1v) is 11.1. The Hall–Kier alpha value is -3.75. The van der Waals surface area contributed by atoms with Crippen LogP contribution in [0.2, 0.25) is 0 Å². The van der Waals surface area contributed by atoms with Gasteiger partial charge in [-0.1, -0.05) is 12.8 Å². The van der Waals surface area contributed by atoms with Crippen LogP contribution in [0.25, 0.3) is 33.3 Å². The van der Waals surface area contributed by atoms with Crippen molar-refractivity contribution in [2.24, 2.45) is 7.05 Å². The number of rotatable bonds is 5. The lowest BCUT2D eigenvalue weighted by Crippen LogP contribution is -2.26. The molecule has 3 aromatic heterocycles. The van der Waals surface area contributed by atoms with Gasteiger partial charge in [0.15, 0.2) is 23.1 Å². The van der Waals surface area contributed by atoms with Crippen LogP contribution in [0.1, 0.15) is 31.7 Å². The van der Waals surface area contributed by atoms with Gasteiger partial charge in [-0.3, -0.25) is 14.5 Å². The molecule has 1 aliphatic rings. The van der Waals surface area contributed by atoms with Gasteiger partial charge in [0.2, 0.25) is 0 Å². The highest BCUT2D eigenvalue weighted by Crippen LogP contribution is 2.39. The molecule has 3 heterocycles. The lowest BCUT2D eigenvalue weighted by atomic mass is 10.0. The first-order valence-electron chi connectivity index (χ1n) is 11.1. The number of aromatic nitrogens is 4. The molecule has 0 spiro atoms. The fourth-order valence-corrected chi connectivity index (χ4v) is 4.77. The Morgan fingerprint density at radius 1 is 1.00 bits per heavy atom. The number of hydrogen-bond acceptors (Lipinski definition) is 5. The van der Waals surface area contributed by atoms with Gasteiger partial charge in [0.25, 0.3) is 5.56 Å². The van der Waals surface area contributed by atoms with E-state index in [0.29, 0.717) is 16.6 Å². The monoisotopic (exact) mass is 466 g/mol. The second-order valence-corrected chi connectivity index (χ2v) is 8.49. The maximum absolute atomic E-state index is 15.3. The predicted molar refractivity (Wildman–Crippen MR) is 124 cm³/mol. The van der Waals surface area contributed by atoms with Crippen molar-refractivity contribution in [2.45, 2.75) is 31.7 Å². The normalized spacial score (nSPS) is 14.1. The molecule has 34 heavy (non-hydrogen) atoms. The summed E-state index contributed by atoms with van der Waals surface area (Å²) in [7, 11) is 4.37. The van der Waals surface area contributed by atoms with Crippen LogP contribution in [0.5, 0.6) is 11.5 Å². The van der Waals surface area contributed by atoms with Crippen molar-refractivity contribution in [3.05, 3.63) is 58.8 Å². The zero-order chi connectivity index (χ0) is 24.0. The molecule has 1 saturated carbocycles. The third kappa shape index (κ3) is 3.52. The number of halogens is 2. The van der Waals surface area contributed by atoms with E-state index in [9.17, 15) is 4.79 Å². The molecule has 5 rings (SSSR count). The van der Waals surface area contributed by atoms with Crippen LogP contribution in [0.15, 0.2) is 41.6 Å². The largest absolute Gasteiger partial charge is 0.494 e. The summed E-state index contributed by atoms with van der Waals surface area (Å²) in [6.07, 6.45) is 8.77. The predicted octanol–water partition coefficient (Wildman–Crippen LogP) is 4.87. The molecule has 0 saturated heterocycles. The summed E-state index contributed by atoms with van der Waals surface area (Å²) in [5.74, 6) is -2.30. The van der Waals surface area contributed by atoms with Crippen molar-refractivity contribution in [3.8, 4) is 33.9 Å². The fraction of sp³-hybridized carbons (Fsp3) is 0.320. The number of fused-ring (bicyclic) bond motifs is 1. The Balaban J connectivity index is 1.82. The molecule has 0 amide bonds. The van der Waals surface area contributed by atoms with E-state index in [4.69, 9.17) is 9.47 Å². The standard InChI is InChI=1S/C25H24F2N4O3/c1-30-13-15(12-29-30)18-9-19-14(11-28-18)8-17(25(32)31(19)16-6-4-5-7-16)22-23(26)20(33-2)10-21(34-3)24(22)27/h8-13,16H,4-7H2,1-3H3. The van der Waals surface area contributed by atoms with E-state index in [0.717, 1.165) is 37.3 Å². The Labute approximate surface area is 194 Å². The molecule has 176 valence electrons. The maximum Gasteiger partial charge on any atom is 0.259 e. The number of nitrogens with zero attached hydrogens (tertiary/aromatic N) is 4. The summed E-state index contributed by atoms with van der Waals surface area (Å²) in [5, 5.41) is 4.80. The summed E-state index contributed by atoms with van der Waals surface area (Å²) >= 11 is 0. The topological polar surface area (TPSA) is 71.2 Å².